The number of para-hydroxylation sites is 1. The average Bonchev–Trinajstić information content (AvgIpc) is 3.31. The van der Waals surface area contributed by atoms with Gasteiger partial charge in [0.2, 0.25) is 0 Å². The van der Waals surface area contributed by atoms with E-state index >= 15 is 0 Å². The molecule has 34 heavy (non-hydrogen) atoms. The van der Waals surface area contributed by atoms with Crippen LogP contribution in [-0.4, -0.2) is 30.3 Å². The molecule has 0 fully saturated rings. The molecule has 0 saturated carbocycles. The molecule has 0 atom stereocenters. The van der Waals surface area contributed by atoms with Gasteiger partial charge in [0.15, 0.2) is 5.65 Å². The fraction of sp³-hybridized carbons (Fsp3) is 0.200. The molecule has 3 aromatic heterocycles. The van der Waals surface area contributed by atoms with E-state index in [2.05, 4.69) is 51.6 Å². The maximum atomic E-state index is 11.6. The normalized spacial score (nSPS) is 11.2. The van der Waals surface area contributed by atoms with Gasteiger partial charge < -0.3 is 14.5 Å². The molecule has 0 aliphatic heterocycles. The zero-order valence-corrected chi connectivity index (χ0v) is 23.0. The summed E-state index contributed by atoms with van der Waals surface area (Å²) in [6.45, 7) is 6.78. The molecule has 0 aliphatic carbocycles. The SMILES string of the molecule is CCc1nc2c(C)cc(C)nc2n1Cc1ccc2nn(-c3ccccc3C(=O)[O-])c(Br)c2c1.[Na+]. The number of benzene rings is 2. The van der Waals surface area contributed by atoms with Crippen molar-refractivity contribution in [2.45, 2.75) is 33.7 Å². The van der Waals surface area contributed by atoms with Gasteiger partial charge in [-0.05, 0) is 65.2 Å². The second-order valence-corrected chi connectivity index (χ2v) is 8.83. The minimum Gasteiger partial charge on any atom is -0.545 e. The standard InChI is InChI=1S/C25H22BrN5O2.Na/c1-4-21-28-22-14(2)11-15(3)27-24(22)30(21)13-16-9-10-19-18(12-16)23(26)31(29-19)20-8-6-5-7-17(20)25(32)33;/h5-12H,4,13H2,1-3H3,(H,32,33);/q;+1/p-1. The van der Waals surface area contributed by atoms with Crippen LogP contribution in [0.2, 0.25) is 0 Å². The average molecular weight is 526 g/mol. The van der Waals surface area contributed by atoms with Crippen molar-refractivity contribution in [1.82, 2.24) is 24.3 Å². The van der Waals surface area contributed by atoms with Crippen molar-refractivity contribution >= 4 is 44.0 Å². The van der Waals surface area contributed by atoms with Crippen molar-refractivity contribution in [3.8, 4) is 5.69 Å². The topological polar surface area (TPSA) is 88.7 Å². The number of carboxylic acids is 1. The molecular formula is C25H21BrN5NaO2. The molecule has 9 heteroatoms. The van der Waals surface area contributed by atoms with Gasteiger partial charge >= 0.3 is 29.6 Å². The molecule has 0 N–H and O–H groups in total. The van der Waals surface area contributed by atoms with Crippen molar-refractivity contribution in [3.63, 3.8) is 0 Å². The van der Waals surface area contributed by atoms with Crippen LogP contribution in [0.15, 0.2) is 53.1 Å². The number of hydrogen-bond acceptors (Lipinski definition) is 5. The van der Waals surface area contributed by atoms with E-state index in [9.17, 15) is 9.90 Å². The van der Waals surface area contributed by atoms with E-state index < -0.39 is 5.97 Å². The van der Waals surface area contributed by atoms with E-state index in [0.29, 0.717) is 16.8 Å². The molecule has 3 heterocycles. The first kappa shape index (κ1) is 24.6. The van der Waals surface area contributed by atoms with Gasteiger partial charge in [-0.25, -0.2) is 14.6 Å². The summed E-state index contributed by atoms with van der Waals surface area (Å²) in [5, 5.41) is 17.1. The third-order valence-electron chi connectivity index (χ3n) is 5.79. The number of hydrogen-bond donors (Lipinski definition) is 0. The number of carbonyl (C=O) groups is 1. The monoisotopic (exact) mass is 525 g/mol. The van der Waals surface area contributed by atoms with Gasteiger partial charge in [0, 0.05) is 23.1 Å². The van der Waals surface area contributed by atoms with Crippen molar-refractivity contribution in [3.05, 3.63) is 81.3 Å². The Labute approximate surface area is 227 Å². The summed E-state index contributed by atoms with van der Waals surface area (Å²) in [5.41, 5.74) is 6.28. The number of aromatic nitrogens is 5. The van der Waals surface area contributed by atoms with Crippen LogP contribution in [0.4, 0.5) is 0 Å². The van der Waals surface area contributed by atoms with Gasteiger partial charge in [0.1, 0.15) is 15.9 Å². The van der Waals surface area contributed by atoms with Crippen LogP contribution in [0.3, 0.4) is 0 Å². The second kappa shape index (κ2) is 9.62. The summed E-state index contributed by atoms with van der Waals surface area (Å²) in [6, 6.07) is 14.8. The van der Waals surface area contributed by atoms with Gasteiger partial charge in [-0.2, -0.15) is 5.10 Å². The summed E-state index contributed by atoms with van der Waals surface area (Å²) in [6.07, 6.45) is 0.804. The number of imidazole rings is 1. The van der Waals surface area contributed by atoms with Crippen LogP contribution in [0.5, 0.6) is 0 Å². The van der Waals surface area contributed by atoms with Gasteiger partial charge in [-0.3, -0.25) is 0 Å². The number of aromatic carboxylic acids is 1. The Morgan fingerprint density at radius 1 is 1.09 bits per heavy atom. The van der Waals surface area contributed by atoms with Gasteiger partial charge in [-0.15, -0.1) is 0 Å². The molecular weight excluding hydrogens is 505 g/mol. The fourth-order valence-electron chi connectivity index (χ4n) is 4.26. The number of halogens is 1. The van der Waals surface area contributed by atoms with Crippen LogP contribution >= 0.6 is 15.9 Å². The van der Waals surface area contributed by atoms with Crippen molar-refractivity contribution in [2.75, 3.05) is 0 Å². The minimum absolute atomic E-state index is 0. The van der Waals surface area contributed by atoms with E-state index in [1.165, 1.54) is 6.07 Å². The minimum atomic E-state index is -1.24. The largest absolute Gasteiger partial charge is 1.00 e. The van der Waals surface area contributed by atoms with E-state index in [-0.39, 0.29) is 35.1 Å². The predicted molar refractivity (Wildman–Crippen MR) is 129 cm³/mol. The van der Waals surface area contributed by atoms with Crippen LogP contribution < -0.4 is 34.7 Å². The van der Waals surface area contributed by atoms with Gasteiger partial charge in [0.05, 0.1) is 23.7 Å². The number of nitrogens with zero attached hydrogens (tertiary/aromatic N) is 5. The molecule has 5 aromatic rings. The molecule has 0 saturated heterocycles. The van der Waals surface area contributed by atoms with Crippen LogP contribution in [0.1, 0.15) is 39.9 Å². The summed E-state index contributed by atoms with van der Waals surface area (Å²) >= 11 is 3.63. The first-order valence-corrected chi connectivity index (χ1v) is 11.5. The Kier molecular flexibility index (Phi) is 6.96. The molecule has 0 amide bonds. The Hall–Kier alpha value is -2.52. The summed E-state index contributed by atoms with van der Waals surface area (Å²) in [7, 11) is 0. The second-order valence-electron chi connectivity index (χ2n) is 8.08. The van der Waals surface area contributed by atoms with E-state index in [4.69, 9.17) is 9.97 Å². The molecule has 0 unspecified atom stereocenters. The number of aryl methyl sites for hydroxylation is 3. The predicted octanol–water partition coefficient (Wildman–Crippen LogP) is 1.13. The number of carboxylic acid groups (broad SMARTS) is 1. The smallest absolute Gasteiger partial charge is 0.545 e. The Morgan fingerprint density at radius 2 is 1.85 bits per heavy atom. The van der Waals surface area contributed by atoms with Gasteiger partial charge in [0.25, 0.3) is 0 Å². The molecule has 7 nitrogen and oxygen atoms in total. The maximum Gasteiger partial charge on any atom is 1.00 e. The molecule has 0 radical (unpaired) electrons. The molecule has 0 bridgehead atoms. The Bertz CT molecular complexity index is 1560. The third kappa shape index (κ3) is 4.20. The van der Waals surface area contributed by atoms with Crippen LogP contribution in [-0.2, 0) is 13.0 Å². The quantitative estimate of drug-likeness (QED) is 0.321. The van der Waals surface area contributed by atoms with E-state index in [1.54, 1.807) is 22.9 Å². The fourth-order valence-corrected chi connectivity index (χ4v) is 4.85. The van der Waals surface area contributed by atoms with E-state index in [0.717, 1.165) is 51.1 Å². The van der Waals surface area contributed by atoms with Crippen molar-refractivity contribution in [2.24, 2.45) is 0 Å². The molecule has 0 aliphatic rings. The maximum absolute atomic E-state index is 11.6. The molecule has 5 rings (SSSR count). The van der Waals surface area contributed by atoms with Crippen molar-refractivity contribution in [1.29, 1.82) is 0 Å². The third-order valence-corrected chi connectivity index (χ3v) is 6.55. The molecule has 166 valence electrons. The number of rotatable bonds is 5. The van der Waals surface area contributed by atoms with E-state index in [1.807, 2.05) is 19.1 Å². The Morgan fingerprint density at radius 3 is 2.59 bits per heavy atom. The summed E-state index contributed by atoms with van der Waals surface area (Å²) in [5.74, 6) is -0.251. The summed E-state index contributed by atoms with van der Waals surface area (Å²) in [4.78, 5) is 21.2. The zero-order chi connectivity index (χ0) is 23.3. The first-order valence-electron chi connectivity index (χ1n) is 10.7. The Balaban J connectivity index is 0.00000274. The zero-order valence-electron chi connectivity index (χ0n) is 19.5. The van der Waals surface area contributed by atoms with Crippen LogP contribution in [0, 0.1) is 13.8 Å². The number of carbonyl (C=O) groups excluding carboxylic acids is 1. The van der Waals surface area contributed by atoms with Crippen LogP contribution in [0.25, 0.3) is 27.8 Å². The first-order chi connectivity index (χ1) is 15.9. The number of pyridine rings is 1. The summed E-state index contributed by atoms with van der Waals surface area (Å²) < 4.78 is 4.45. The molecule has 2 aromatic carbocycles. The van der Waals surface area contributed by atoms with Crippen molar-refractivity contribution < 1.29 is 39.5 Å². The van der Waals surface area contributed by atoms with Gasteiger partial charge in [-0.1, -0.05) is 31.2 Å². The number of fused-ring (bicyclic) bond motifs is 2. The molecule has 0 spiro atoms.